The van der Waals surface area contributed by atoms with Gasteiger partial charge in [-0.2, -0.15) is 0 Å². The van der Waals surface area contributed by atoms with E-state index < -0.39 is 6.29 Å². The molecule has 9 nitrogen and oxygen atoms in total. The predicted octanol–water partition coefficient (Wildman–Crippen LogP) is 7.47. The molecule has 0 bridgehead atoms. The van der Waals surface area contributed by atoms with Crippen LogP contribution in [0.1, 0.15) is 57.8 Å². The van der Waals surface area contributed by atoms with Crippen molar-refractivity contribution in [1.29, 1.82) is 0 Å². The number of carbonyl (C=O) groups excluding carboxylic acids is 1. The monoisotopic (exact) mass is 713 g/mol. The molecule has 274 valence electrons. The molecular formula is C44H47N3O6. The molecule has 3 atom stereocenters. The van der Waals surface area contributed by atoms with Gasteiger partial charge < -0.3 is 34.7 Å². The van der Waals surface area contributed by atoms with E-state index in [1.165, 1.54) is 11.1 Å². The summed E-state index contributed by atoms with van der Waals surface area (Å²) in [6, 6.07) is 38.4. The second kappa shape index (κ2) is 17.1. The van der Waals surface area contributed by atoms with E-state index in [1.54, 1.807) is 14.2 Å². The lowest BCUT2D eigenvalue weighted by Gasteiger charge is -2.39. The molecule has 0 radical (unpaired) electrons. The summed E-state index contributed by atoms with van der Waals surface area (Å²) in [4.78, 5) is 15.0. The van der Waals surface area contributed by atoms with Crippen LogP contribution in [0.5, 0.6) is 11.5 Å². The molecule has 2 amide bonds. The molecule has 1 fully saturated rings. The maximum absolute atomic E-state index is 12.5. The Hall–Kier alpha value is -5.19. The van der Waals surface area contributed by atoms with Gasteiger partial charge in [0, 0.05) is 44.7 Å². The summed E-state index contributed by atoms with van der Waals surface area (Å²) in [6.07, 6.45) is 0.792. The number of ether oxygens (including phenoxy) is 4. The molecule has 53 heavy (non-hydrogen) atoms. The van der Waals surface area contributed by atoms with Crippen LogP contribution in [0, 0.1) is 0 Å². The number of carbonyl (C=O) groups is 1. The molecule has 7 rings (SSSR count). The van der Waals surface area contributed by atoms with Gasteiger partial charge in [-0.1, -0.05) is 91.0 Å². The van der Waals surface area contributed by atoms with Crippen molar-refractivity contribution in [2.45, 2.75) is 57.6 Å². The number of hydrogen-bond donors (Lipinski definition) is 3. The highest BCUT2D eigenvalue weighted by Crippen LogP contribution is 2.40. The summed E-state index contributed by atoms with van der Waals surface area (Å²) in [7, 11) is 3.35. The largest absolute Gasteiger partial charge is 0.493 e. The van der Waals surface area contributed by atoms with E-state index in [9.17, 15) is 9.90 Å². The first-order chi connectivity index (χ1) is 26.0. The van der Waals surface area contributed by atoms with Gasteiger partial charge >= 0.3 is 6.03 Å². The van der Waals surface area contributed by atoms with E-state index in [4.69, 9.17) is 18.9 Å². The highest BCUT2D eigenvalue weighted by Gasteiger charge is 2.34. The standard InChI is InChI=1S/C44H47N3O6/c1-50-41-22-36-18-19-47(27-38(36)23-42(41)51-2)28-39-24-40(33-16-14-31(29-48)15-17-33)53-43(52-39)37-13-7-12-35(21-37)34-11-6-10-32(20-34)26-46-44(49)45-25-30-8-4-3-5-9-30/h3-17,20-23,39-40,43,48H,18-19,24-29H2,1-2H3,(H2,45,46,49)/t39-,40+,43+/m0/s1. The maximum Gasteiger partial charge on any atom is 0.315 e. The lowest BCUT2D eigenvalue weighted by Crippen LogP contribution is -2.41. The van der Waals surface area contributed by atoms with E-state index in [0.29, 0.717) is 19.5 Å². The van der Waals surface area contributed by atoms with Gasteiger partial charge in [0.2, 0.25) is 0 Å². The summed E-state index contributed by atoms with van der Waals surface area (Å²) in [5.41, 5.74) is 9.52. The molecule has 2 aliphatic rings. The first-order valence-electron chi connectivity index (χ1n) is 18.2. The third-order valence-electron chi connectivity index (χ3n) is 10.0. The van der Waals surface area contributed by atoms with Crippen LogP contribution in [0.2, 0.25) is 0 Å². The minimum Gasteiger partial charge on any atom is -0.493 e. The second-order valence-electron chi connectivity index (χ2n) is 13.7. The van der Waals surface area contributed by atoms with Crippen LogP contribution in [0.4, 0.5) is 4.79 Å². The number of aliphatic hydroxyl groups excluding tert-OH is 1. The van der Waals surface area contributed by atoms with Gasteiger partial charge in [-0.15, -0.1) is 0 Å². The van der Waals surface area contributed by atoms with Crippen LogP contribution in [-0.4, -0.2) is 49.5 Å². The first kappa shape index (κ1) is 36.2. The minimum absolute atomic E-state index is 0.00122. The Bertz CT molecular complexity index is 1990. The zero-order valence-electron chi connectivity index (χ0n) is 30.3. The summed E-state index contributed by atoms with van der Waals surface area (Å²) < 4.78 is 24.6. The zero-order valence-corrected chi connectivity index (χ0v) is 30.3. The first-order valence-corrected chi connectivity index (χ1v) is 18.2. The lowest BCUT2D eigenvalue weighted by molar-refractivity contribution is -0.253. The lowest BCUT2D eigenvalue weighted by atomic mass is 9.96. The van der Waals surface area contributed by atoms with Crippen molar-refractivity contribution >= 4 is 6.03 Å². The predicted molar refractivity (Wildman–Crippen MR) is 204 cm³/mol. The summed E-state index contributed by atoms with van der Waals surface area (Å²) in [6.45, 7) is 3.34. The van der Waals surface area contributed by atoms with Crippen molar-refractivity contribution in [3.05, 3.63) is 154 Å². The summed E-state index contributed by atoms with van der Waals surface area (Å²) >= 11 is 0. The molecule has 0 aliphatic carbocycles. The number of fused-ring (bicyclic) bond motifs is 1. The number of amides is 2. The molecule has 0 unspecified atom stereocenters. The molecule has 1 saturated heterocycles. The van der Waals surface area contributed by atoms with E-state index >= 15 is 0 Å². The van der Waals surface area contributed by atoms with E-state index in [2.05, 4.69) is 58.0 Å². The van der Waals surface area contributed by atoms with Gasteiger partial charge in [-0.25, -0.2) is 4.79 Å². The van der Waals surface area contributed by atoms with Crippen molar-refractivity contribution < 1.29 is 28.8 Å². The van der Waals surface area contributed by atoms with Crippen LogP contribution in [0.25, 0.3) is 11.1 Å². The minimum atomic E-state index is -0.573. The molecule has 3 N–H and O–H groups in total. The quantitative estimate of drug-likeness (QED) is 0.123. The average Bonchev–Trinajstić information content (AvgIpc) is 3.22. The molecular weight excluding hydrogens is 666 g/mol. The van der Waals surface area contributed by atoms with Crippen LogP contribution in [0.15, 0.2) is 115 Å². The van der Waals surface area contributed by atoms with Gasteiger partial charge in [-0.05, 0) is 75.2 Å². The highest BCUT2D eigenvalue weighted by atomic mass is 16.7. The highest BCUT2D eigenvalue weighted by molar-refractivity contribution is 5.74. The van der Waals surface area contributed by atoms with E-state index in [-0.39, 0.29) is 24.8 Å². The van der Waals surface area contributed by atoms with Crippen LogP contribution >= 0.6 is 0 Å². The topological polar surface area (TPSA) is 102 Å². The second-order valence-corrected chi connectivity index (χ2v) is 13.7. The van der Waals surface area contributed by atoms with Gasteiger partial charge in [0.25, 0.3) is 0 Å². The maximum atomic E-state index is 12.5. The number of benzene rings is 5. The van der Waals surface area contributed by atoms with Gasteiger partial charge in [0.15, 0.2) is 17.8 Å². The third kappa shape index (κ3) is 9.07. The fourth-order valence-electron chi connectivity index (χ4n) is 7.17. The molecule has 0 spiro atoms. The Balaban J connectivity index is 1.06. The number of methoxy groups -OCH3 is 2. The molecule has 5 aromatic carbocycles. The van der Waals surface area contributed by atoms with E-state index in [0.717, 1.165) is 76.5 Å². The Kier molecular flexibility index (Phi) is 11.7. The SMILES string of the molecule is COc1cc2c(cc1OC)CN(C[C@@H]1C[C@H](c3ccc(CO)cc3)O[C@H](c3cccc(-c4cccc(CNC(=O)NCc5ccccc5)c4)c3)O1)CC2. The molecule has 2 aliphatic heterocycles. The van der Waals surface area contributed by atoms with Crippen molar-refractivity contribution in [3.63, 3.8) is 0 Å². The number of nitrogens with one attached hydrogen (secondary N) is 2. The number of hydrogen-bond acceptors (Lipinski definition) is 7. The number of nitrogens with zero attached hydrogens (tertiary/aromatic N) is 1. The molecule has 0 saturated carbocycles. The summed E-state index contributed by atoms with van der Waals surface area (Å²) in [5, 5.41) is 15.5. The van der Waals surface area contributed by atoms with Gasteiger partial charge in [0.05, 0.1) is 33.0 Å². The van der Waals surface area contributed by atoms with Crippen molar-refractivity contribution in [2.24, 2.45) is 0 Å². The Morgan fingerprint density at radius 1 is 0.736 bits per heavy atom. The Morgan fingerprint density at radius 2 is 1.42 bits per heavy atom. The van der Waals surface area contributed by atoms with Crippen LogP contribution < -0.4 is 20.1 Å². The van der Waals surface area contributed by atoms with Crippen molar-refractivity contribution in [3.8, 4) is 22.6 Å². The molecule has 2 heterocycles. The van der Waals surface area contributed by atoms with Crippen LogP contribution in [-0.2, 0) is 42.1 Å². The molecule has 0 aromatic heterocycles. The molecule has 5 aromatic rings. The molecule has 9 heteroatoms. The van der Waals surface area contributed by atoms with E-state index in [1.807, 2.05) is 72.8 Å². The number of rotatable bonds is 12. The van der Waals surface area contributed by atoms with Crippen molar-refractivity contribution in [2.75, 3.05) is 27.3 Å². The Morgan fingerprint density at radius 3 is 2.15 bits per heavy atom. The van der Waals surface area contributed by atoms with Gasteiger partial charge in [-0.3, -0.25) is 4.90 Å². The average molecular weight is 714 g/mol. The fraction of sp³-hybridized carbons (Fsp3) is 0.295. The number of urea groups is 1. The smallest absolute Gasteiger partial charge is 0.315 e. The number of aliphatic hydroxyl groups is 1. The van der Waals surface area contributed by atoms with Crippen LogP contribution in [0.3, 0.4) is 0 Å². The third-order valence-corrected chi connectivity index (χ3v) is 10.0. The fourth-order valence-corrected chi connectivity index (χ4v) is 7.17. The Labute approximate surface area is 311 Å². The summed E-state index contributed by atoms with van der Waals surface area (Å²) in [5.74, 6) is 1.51. The zero-order chi connectivity index (χ0) is 36.6. The van der Waals surface area contributed by atoms with Crippen molar-refractivity contribution in [1.82, 2.24) is 15.5 Å². The normalized spacial score (nSPS) is 18.5. The van der Waals surface area contributed by atoms with Gasteiger partial charge in [0.1, 0.15) is 0 Å².